The van der Waals surface area contributed by atoms with Crippen molar-refractivity contribution in [1.29, 1.82) is 0 Å². The number of rotatable bonds is 9. The van der Waals surface area contributed by atoms with Crippen LogP contribution in [-0.2, 0) is 22.6 Å². The van der Waals surface area contributed by atoms with E-state index in [1.165, 1.54) is 6.92 Å². The number of nitrogens with one attached hydrogen (secondary N) is 2. The molecule has 0 unspecified atom stereocenters. The van der Waals surface area contributed by atoms with Gasteiger partial charge in [0.05, 0.1) is 25.5 Å². The topological polar surface area (TPSA) is 89.8 Å². The zero-order chi connectivity index (χ0) is 21.3. The Morgan fingerprint density at radius 1 is 1.00 bits per heavy atom. The van der Waals surface area contributed by atoms with Gasteiger partial charge in [0.25, 0.3) is 5.91 Å². The molecule has 3 rings (SSSR count). The molecule has 0 radical (unpaired) electrons. The maximum atomic E-state index is 12.6. The predicted molar refractivity (Wildman–Crippen MR) is 112 cm³/mol. The molecule has 3 aromatic rings. The van der Waals surface area contributed by atoms with Gasteiger partial charge in [-0.05, 0) is 37.3 Å². The van der Waals surface area contributed by atoms with E-state index in [9.17, 15) is 9.59 Å². The summed E-state index contributed by atoms with van der Waals surface area (Å²) < 4.78 is 15.9. The Labute approximate surface area is 175 Å². The Bertz CT molecular complexity index is 985. The molecule has 1 amide bonds. The Balaban J connectivity index is 1.57. The lowest BCUT2D eigenvalue weighted by atomic mass is 10.1. The van der Waals surface area contributed by atoms with Gasteiger partial charge in [-0.3, -0.25) is 4.79 Å². The molecule has 1 aromatic heterocycles. The molecule has 1 atom stereocenters. The second-order valence-electron chi connectivity index (χ2n) is 6.56. The fourth-order valence-corrected chi connectivity index (χ4v) is 2.86. The zero-order valence-electron chi connectivity index (χ0n) is 16.9. The van der Waals surface area contributed by atoms with Gasteiger partial charge in [0, 0.05) is 17.8 Å². The van der Waals surface area contributed by atoms with Crippen molar-refractivity contribution >= 4 is 17.6 Å². The maximum absolute atomic E-state index is 12.6. The first kappa shape index (κ1) is 21.0. The van der Waals surface area contributed by atoms with Crippen molar-refractivity contribution in [2.45, 2.75) is 26.1 Å². The Morgan fingerprint density at radius 2 is 1.77 bits per heavy atom. The van der Waals surface area contributed by atoms with Crippen LogP contribution in [0.15, 0.2) is 71.3 Å². The first-order valence-electron chi connectivity index (χ1n) is 9.54. The number of hydrogen-bond acceptors (Lipinski definition) is 6. The normalized spacial score (nSPS) is 11.4. The molecule has 0 aliphatic heterocycles. The molecular formula is C23H24N2O5. The Morgan fingerprint density at radius 3 is 2.53 bits per heavy atom. The highest BCUT2D eigenvalue weighted by Crippen LogP contribution is 2.19. The first-order chi connectivity index (χ1) is 14.6. The molecule has 7 heteroatoms. The zero-order valence-corrected chi connectivity index (χ0v) is 16.9. The van der Waals surface area contributed by atoms with Crippen molar-refractivity contribution in [1.82, 2.24) is 5.32 Å². The van der Waals surface area contributed by atoms with E-state index >= 15 is 0 Å². The summed E-state index contributed by atoms with van der Waals surface area (Å²) in [6.45, 7) is 2.23. The van der Waals surface area contributed by atoms with Gasteiger partial charge >= 0.3 is 5.97 Å². The average molecular weight is 408 g/mol. The third kappa shape index (κ3) is 5.41. The van der Waals surface area contributed by atoms with Crippen LogP contribution >= 0.6 is 0 Å². The molecular weight excluding hydrogens is 384 g/mol. The molecule has 2 N–H and O–H groups in total. The van der Waals surface area contributed by atoms with Gasteiger partial charge in [0.2, 0.25) is 0 Å². The first-order valence-corrected chi connectivity index (χ1v) is 9.54. The second kappa shape index (κ2) is 10.2. The lowest BCUT2D eigenvalue weighted by Crippen LogP contribution is -2.35. The van der Waals surface area contributed by atoms with Crippen LogP contribution in [0.3, 0.4) is 0 Å². The Hall–Kier alpha value is -3.74. The van der Waals surface area contributed by atoms with E-state index < -0.39 is 18.0 Å². The minimum atomic E-state index is -0.953. The molecule has 0 spiro atoms. The van der Waals surface area contributed by atoms with Gasteiger partial charge in [-0.15, -0.1) is 0 Å². The van der Waals surface area contributed by atoms with Crippen LogP contribution in [0.4, 0.5) is 5.69 Å². The number of carbonyl (C=O) groups is 2. The van der Waals surface area contributed by atoms with Crippen LogP contribution in [0.25, 0.3) is 0 Å². The third-order valence-electron chi connectivity index (χ3n) is 4.48. The minimum absolute atomic E-state index is 0.270. The average Bonchev–Trinajstić information content (AvgIpc) is 3.30. The summed E-state index contributed by atoms with van der Waals surface area (Å²) in [5.74, 6) is 0.439. The van der Waals surface area contributed by atoms with E-state index in [4.69, 9.17) is 13.9 Å². The number of ether oxygens (including phenoxy) is 2. The van der Waals surface area contributed by atoms with E-state index in [0.29, 0.717) is 23.5 Å². The highest BCUT2D eigenvalue weighted by Gasteiger charge is 2.21. The molecule has 2 aromatic carbocycles. The second-order valence-corrected chi connectivity index (χ2v) is 6.56. The number of carbonyl (C=O) groups excluding carboxylic acids is 2. The summed E-state index contributed by atoms with van der Waals surface area (Å²) in [7, 11) is 1.57. The number of hydrogen-bond donors (Lipinski definition) is 2. The van der Waals surface area contributed by atoms with Crippen LogP contribution in [0.1, 0.15) is 28.6 Å². The standard InChI is InChI=1S/C23H24N2O5/c1-16(22(26)25-14-17-8-3-6-12-21(17)28-2)30-23(27)19-10-4-5-11-20(19)24-15-18-9-7-13-29-18/h3-13,16,24H,14-15H2,1-2H3,(H,25,26)/t16-/m1/s1. The summed E-state index contributed by atoms with van der Waals surface area (Å²) in [4.78, 5) is 25.0. The van der Waals surface area contributed by atoms with Gasteiger partial charge in [0.15, 0.2) is 6.10 Å². The van der Waals surface area contributed by atoms with Crippen LogP contribution in [-0.4, -0.2) is 25.1 Å². The van der Waals surface area contributed by atoms with Gasteiger partial charge in [-0.25, -0.2) is 4.79 Å². The van der Waals surface area contributed by atoms with Gasteiger partial charge in [-0.1, -0.05) is 30.3 Å². The number of furan rings is 1. The van der Waals surface area contributed by atoms with E-state index in [0.717, 1.165) is 11.3 Å². The number of anilines is 1. The molecule has 7 nitrogen and oxygen atoms in total. The van der Waals surface area contributed by atoms with Crippen molar-refractivity contribution in [3.8, 4) is 5.75 Å². The number of benzene rings is 2. The fourth-order valence-electron chi connectivity index (χ4n) is 2.86. The quantitative estimate of drug-likeness (QED) is 0.524. The molecule has 0 fully saturated rings. The van der Waals surface area contributed by atoms with E-state index in [2.05, 4.69) is 10.6 Å². The van der Waals surface area contributed by atoms with E-state index in [-0.39, 0.29) is 6.54 Å². The molecule has 0 saturated heterocycles. The molecule has 1 heterocycles. The van der Waals surface area contributed by atoms with Crippen LogP contribution in [0.5, 0.6) is 5.75 Å². The van der Waals surface area contributed by atoms with Crippen LogP contribution in [0, 0.1) is 0 Å². The van der Waals surface area contributed by atoms with Crippen LogP contribution in [0.2, 0.25) is 0 Å². The van der Waals surface area contributed by atoms with E-state index in [1.54, 1.807) is 37.6 Å². The van der Waals surface area contributed by atoms with Crippen molar-refractivity contribution < 1.29 is 23.5 Å². The number of para-hydroxylation sites is 2. The highest BCUT2D eigenvalue weighted by atomic mass is 16.5. The van der Waals surface area contributed by atoms with Gasteiger partial charge < -0.3 is 24.5 Å². The van der Waals surface area contributed by atoms with Crippen LogP contribution < -0.4 is 15.4 Å². The lowest BCUT2D eigenvalue weighted by molar-refractivity contribution is -0.129. The third-order valence-corrected chi connectivity index (χ3v) is 4.48. The minimum Gasteiger partial charge on any atom is -0.496 e. The Kier molecular flexibility index (Phi) is 7.10. The van der Waals surface area contributed by atoms with Crippen molar-refractivity contribution in [3.63, 3.8) is 0 Å². The summed E-state index contributed by atoms with van der Waals surface area (Å²) in [6, 6.07) is 18.0. The molecule has 0 saturated carbocycles. The number of amides is 1. The molecule has 30 heavy (non-hydrogen) atoms. The summed E-state index contributed by atoms with van der Waals surface area (Å²) in [5.41, 5.74) is 1.77. The molecule has 156 valence electrons. The summed E-state index contributed by atoms with van der Waals surface area (Å²) in [5, 5.41) is 5.91. The largest absolute Gasteiger partial charge is 0.496 e. The number of methoxy groups -OCH3 is 1. The fraction of sp³-hybridized carbons (Fsp3) is 0.217. The molecule has 0 aliphatic carbocycles. The summed E-state index contributed by atoms with van der Waals surface area (Å²) >= 11 is 0. The molecule has 0 bridgehead atoms. The SMILES string of the molecule is COc1ccccc1CNC(=O)[C@@H](C)OC(=O)c1ccccc1NCc1ccco1. The lowest BCUT2D eigenvalue weighted by Gasteiger charge is -2.16. The number of esters is 1. The van der Waals surface area contributed by atoms with Crippen molar-refractivity contribution in [3.05, 3.63) is 83.8 Å². The monoisotopic (exact) mass is 408 g/mol. The predicted octanol–water partition coefficient (Wildman–Crippen LogP) is 3.76. The highest BCUT2D eigenvalue weighted by molar-refractivity contribution is 5.97. The maximum Gasteiger partial charge on any atom is 0.341 e. The van der Waals surface area contributed by atoms with Crippen molar-refractivity contribution in [2.75, 3.05) is 12.4 Å². The van der Waals surface area contributed by atoms with E-state index in [1.807, 2.05) is 36.4 Å². The van der Waals surface area contributed by atoms with Crippen molar-refractivity contribution in [2.24, 2.45) is 0 Å². The van der Waals surface area contributed by atoms with Gasteiger partial charge in [-0.2, -0.15) is 0 Å². The summed E-state index contributed by atoms with van der Waals surface area (Å²) in [6.07, 6.45) is 0.632. The smallest absolute Gasteiger partial charge is 0.341 e. The molecule has 0 aliphatic rings. The van der Waals surface area contributed by atoms with Gasteiger partial charge in [0.1, 0.15) is 11.5 Å².